The normalized spacial score (nSPS) is 41.6. The third kappa shape index (κ3) is 3.41. The molecule has 3 nitrogen and oxygen atoms in total. The van der Waals surface area contributed by atoms with E-state index in [2.05, 4.69) is 6.92 Å². The van der Waals surface area contributed by atoms with Gasteiger partial charge in [0.2, 0.25) is 0 Å². The summed E-state index contributed by atoms with van der Waals surface area (Å²) in [6, 6.07) is 0. The Hall–Kier alpha value is -0.220. The minimum Gasteiger partial charge on any atom is -0.480 e. The van der Waals surface area contributed by atoms with E-state index in [9.17, 15) is 9.90 Å². The summed E-state index contributed by atoms with van der Waals surface area (Å²) in [6.45, 7) is 2.33. The Bertz CT molecular complexity index is 310. The number of carboxylic acids is 1. The summed E-state index contributed by atoms with van der Waals surface area (Å²) in [7, 11) is 0. The third-order valence-corrected chi connectivity index (χ3v) is 6.04. The van der Waals surface area contributed by atoms with Crippen molar-refractivity contribution in [2.45, 2.75) is 74.3 Å². The van der Waals surface area contributed by atoms with Gasteiger partial charge in [0.25, 0.3) is 0 Å². The van der Waals surface area contributed by atoms with Gasteiger partial charge in [0.15, 0.2) is 0 Å². The molecule has 0 radical (unpaired) electrons. The highest BCUT2D eigenvalue weighted by Crippen LogP contribution is 2.40. The number of aliphatic carboxylic acids is 1. The van der Waals surface area contributed by atoms with Crippen molar-refractivity contribution in [3.8, 4) is 0 Å². The second kappa shape index (κ2) is 5.83. The van der Waals surface area contributed by atoms with Crippen molar-refractivity contribution in [2.24, 2.45) is 11.7 Å². The predicted molar refractivity (Wildman–Crippen MR) is 75.8 cm³/mol. The fraction of sp³-hybridized carbons (Fsp3) is 0.929. The van der Waals surface area contributed by atoms with E-state index in [1.165, 1.54) is 25.7 Å². The van der Waals surface area contributed by atoms with Gasteiger partial charge in [-0.3, -0.25) is 4.79 Å². The lowest BCUT2D eigenvalue weighted by molar-refractivity contribution is -0.144. The van der Waals surface area contributed by atoms with E-state index in [-0.39, 0.29) is 0 Å². The van der Waals surface area contributed by atoms with E-state index >= 15 is 0 Å². The van der Waals surface area contributed by atoms with Crippen LogP contribution in [0.15, 0.2) is 0 Å². The highest BCUT2D eigenvalue weighted by atomic mass is 32.2. The first-order valence-electron chi connectivity index (χ1n) is 7.17. The lowest BCUT2D eigenvalue weighted by Gasteiger charge is -2.37. The van der Waals surface area contributed by atoms with Crippen LogP contribution in [0, 0.1) is 5.92 Å². The number of carbonyl (C=O) groups is 1. The number of carboxylic acid groups (broad SMARTS) is 1. The Labute approximate surface area is 114 Å². The molecule has 0 aromatic heterocycles. The Kier molecular flexibility index (Phi) is 4.59. The van der Waals surface area contributed by atoms with Gasteiger partial charge in [-0.05, 0) is 44.4 Å². The van der Waals surface area contributed by atoms with E-state index in [1.807, 2.05) is 11.8 Å². The molecular formula is C14H25NO2S. The number of nitrogens with two attached hydrogens (primary N) is 1. The van der Waals surface area contributed by atoms with Crippen LogP contribution < -0.4 is 5.73 Å². The molecule has 4 atom stereocenters. The predicted octanol–water partition coefficient (Wildman–Crippen LogP) is 3.02. The minimum absolute atomic E-state index is 0.454. The molecule has 2 fully saturated rings. The van der Waals surface area contributed by atoms with Crippen molar-refractivity contribution >= 4 is 17.7 Å². The molecule has 2 rings (SSSR count). The lowest BCUT2D eigenvalue weighted by atomic mass is 9.82. The second-order valence-corrected chi connectivity index (χ2v) is 7.82. The van der Waals surface area contributed by atoms with Gasteiger partial charge < -0.3 is 10.8 Å². The van der Waals surface area contributed by atoms with Gasteiger partial charge in [0, 0.05) is 10.5 Å². The van der Waals surface area contributed by atoms with Crippen LogP contribution in [0.3, 0.4) is 0 Å². The van der Waals surface area contributed by atoms with Gasteiger partial charge in [-0.25, -0.2) is 0 Å². The largest absolute Gasteiger partial charge is 0.480 e. The van der Waals surface area contributed by atoms with Crippen molar-refractivity contribution in [3.05, 3.63) is 0 Å². The van der Waals surface area contributed by atoms with Gasteiger partial charge in [-0.1, -0.05) is 19.8 Å². The second-order valence-electron chi connectivity index (χ2n) is 6.21. The zero-order valence-electron chi connectivity index (χ0n) is 11.2. The molecule has 0 bridgehead atoms. The van der Waals surface area contributed by atoms with E-state index in [0.717, 1.165) is 24.0 Å². The fourth-order valence-corrected chi connectivity index (χ4v) is 5.32. The molecular weight excluding hydrogens is 246 g/mol. The molecule has 0 amide bonds. The maximum atomic E-state index is 11.2. The van der Waals surface area contributed by atoms with Crippen LogP contribution in [0.5, 0.6) is 0 Å². The summed E-state index contributed by atoms with van der Waals surface area (Å²) in [4.78, 5) is 11.2. The Morgan fingerprint density at radius 2 is 2.00 bits per heavy atom. The first-order valence-corrected chi connectivity index (χ1v) is 8.11. The molecule has 4 unspecified atom stereocenters. The van der Waals surface area contributed by atoms with Crippen molar-refractivity contribution in [2.75, 3.05) is 0 Å². The average Bonchev–Trinajstić information content (AvgIpc) is 2.29. The van der Waals surface area contributed by atoms with Gasteiger partial charge in [-0.15, -0.1) is 0 Å². The fourth-order valence-electron chi connectivity index (χ4n) is 3.34. The molecule has 2 aliphatic rings. The zero-order chi connectivity index (χ0) is 13.2. The number of thioether (sulfide) groups is 1. The molecule has 18 heavy (non-hydrogen) atoms. The molecule has 0 aliphatic heterocycles. The maximum absolute atomic E-state index is 11.2. The summed E-state index contributed by atoms with van der Waals surface area (Å²) >= 11 is 2.02. The lowest BCUT2D eigenvalue weighted by Crippen LogP contribution is -2.52. The number of rotatable bonds is 3. The number of hydrogen-bond donors (Lipinski definition) is 2. The van der Waals surface area contributed by atoms with E-state index < -0.39 is 11.5 Å². The van der Waals surface area contributed by atoms with E-state index in [4.69, 9.17) is 5.73 Å². The van der Waals surface area contributed by atoms with Gasteiger partial charge in [0.1, 0.15) is 5.54 Å². The summed E-state index contributed by atoms with van der Waals surface area (Å²) in [5.74, 6) is 0.0201. The van der Waals surface area contributed by atoms with Crippen LogP contribution in [0.2, 0.25) is 0 Å². The van der Waals surface area contributed by atoms with E-state index in [1.54, 1.807) is 0 Å². The standard InChI is InChI=1S/C14H25NO2S/c1-10-4-2-5-11(8-10)18-12-6-3-7-14(15,9-12)13(16)17/h10-12H,2-9,15H2,1H3,(H,16,17). The quantitative estimate of drug-likeness (QED) is 0.828. The molecule has 2 saturated carbocycles. The molecule has 0 spiro atoms. The van der Waals surface area contributed by atoms with Crippen LogP contribution in [0.1, 0.15) is 58.3 Å². The molecule has 0 aromatic carbocycles. The Balaban J connectivity index is 1.87. The van der Waals surface area contributed by atoms with Gasteiger partial charge in [0.05, 0.1) is 0 Å². The van der Waals surface area contributed by atoms with Crippen molar-refractivity contribution in [1.29, 1.82) is 0 Å². The molecule has 0 saturated heterocycles. The first kappa shape index (κ1) is 14.2. The van der Waals surface area contributed by atoms with Crippen molar-refractivity contribution < 1.29 is 9.90 Å². The minimum atomic E-state index is -0.962. The molecule has 3 N–H and O–H groups in total. The van der Waals surface area contributed by atoms with Crippen molar-refractivity contribution in [1.82, 2.24) is 0 Å². The Morgan fingerprint density at radius 3 is 2.67 bits per heavy atom. The SMILES string of the molecule is CC1CCCC(SC2CCCC(N)(C(=O)O)C2)C1. The average molecular weight is 271 g/mol. The summed E-state index contributed by atoms with van der Waals surface area (Å²) in [5.41, 5.74) is 5.05. The molecule has 2 aliphatic carbocycles. The van der Waals surface area contributed by atoms with Crippen LogP contribution >= 0.6 is 11.8 Å². The monoisotopic (exact) mass is 271 g/mol. The molecule has 0 heterocycles. The van der Waals surface area contributed by atoms with E-state index in [0.29, 0.717) is 18.1 Å². The van der Waals surface area contributed by atoms with Crippen LogP contribution in [0.4, 0.5) is 0 Å². The van der Waals surface area contributed by atoms with Gasteiger partial charge in [-0.2, -0.15) is 11.8 Å². The van der Waals surface area contributed by atoms with Gasteiger partial charge >= 0.3 is 5.97 Å². The van der Waals surface area contributed by atoms with Crippen molar-refractivity contribution in [3.63, 3.8) is 0 Å². The smallest absolute Gasteiger partial charge is 0.323 e. The Morgan fingerprint density at radius 1 is 1.28 bits per heavy atom. The topological polar surface area (TPSA) is 63.3 Å². The van der Waals surface area contributed by atoms with Crippen LogP contribution in [0.25, 0.3) is 0 Å². The van der Waals surface area contributed by atoms with Crippen LogP contribution in [-0.4, -0.2) is 27.1 Å². The summed E-state index contributed by atoms with van der Waals surface area (Å²) in [6.07, 6.45) is 8.68. The molecule has 104 valence electrons. The summed E-state index contributed by atoms with van der Waals surface area (Å²) < 4.78 is 0. The first-order chi connectivity index (χ1) is 8.49. The van der Waals surface area contributed by atoms with Crippen LogP contribution in [-0.2, 0) is 4.79 Å². The highest BCUT2D eigenvalue weighted by molar-refractivity contribution is 8.00. The molecule has 0 aromatic rings. The number of hydrogen-bond acceptors (Lipinski definition) is 3. The summed E-state index contributed by atoms with van der Waals surface area (Å²) in [5, 5.41) is 10.4. The molecule has 4 heteroatoms. The third-order valence-electron chi connectivity index (χ3n) is 4.44. The zero-order valence-corrected chi connectivity index (χ0v) is 12.0. The highest BCUT2D eigenvalue weighted by Gasteiger charge is 2.40. The maximum Gasteiger partial charge on any atom is 0.323 e.